The summed E-state index contributed by atoms with van der Waals surface area (Å²) in [5.74, 6) is 2.30. The largest absolute Gasteiger partial charge is 0.213 e. The van der Waals surface area contributed by atoms with E-state index in [-0.39, 0.29) is 5.75 Å². The van der Waals surface area contributed by atoms with Crippen molar-refractivity contribution in [3.63, 3.8) is 0 Å². The van der Waals surface area contributed by atoms with E-state index in [0.29, 0.717) is 13.1 Å². The maximum atomic E-state index is 12.6. The van der Waals surface area contributed by atoms with Gasteiger partial charge in [0.05, 0.1) is 5.75 Å². The van der Waals surface area contributed by atoms with E-state index in [1.165, 1.54) is 148 Å². The Bertz CT molecular complexity index is 775. The van der Waals surface area contributed by atoms with Crippen molar-refractivity contribution < 1.29 is 8.42 Å². The topological polar surface area (TPSA) is 37.4 Å². The second kappa shape index (κ2) is 36.3. The summed E-state index contributed by atoms with van der Waals surface area (Å²) < 4.78 is 27.0. The molecule has 0 saturated carbocycles. The van der Waals surface area contributed by atoms with Crippen molar-refractivity contribution >= 4 is 21.8 Å². The molecule has 0 saturated heterocycles. The minimum absolute atomic E-state index is 0.217. The van der Waals surface area contributed by atoms with Crippen molar-refractivity contribution in [1.29, 1.82) is 0 Å². The van der Waals surface area contributed by atoms with Crippen LogP contribution < -0.4 is 0 Å². The number of rotatable bonds is 36. The first kappa shape index (κ1) is 44.5. The van der Waals surface area contributed by atoms with Crippen LogP contribution in [0.15, 0.2) is 36.5 Å². The maximum absolute atomic E-state index is 12.6. The molecule has 0 bridgehead atoms. The van der Waals surface area contributed by atoms with Gasteiger partial charge in [-0.05, 0) is 83.3 Å². The first-order chi connectivity index (χ1) is 22.1. The van der Waals surface area contributed by atoms with Gasteiger partial charge >= 0.3 is 0 Å². The Morgan fingerprint density at radius 1 is 0.444 bits per heavy atom. The van der Waals surface area contributed by atoms with Gasteiger partial charge in [-0.25, -0.2) is 12.7 Å². The Morgan fingerprint density at radius 3 is 1.36 bits per heavy atom. The molecule has 3 nitrogen and oxygen atoms in total. The van der Waals surface area contributed by atoms with Crippen molar-refractivity contribution in [3.8, 4) is 0 Å². The fraction of sp³-hybridized carbons (Fsp3) is 0.850. The average molecular weight is 668 g/mol. The summed E-state index contributed by atoms with van der Waals surface area (Å²) in [6.07, 6.45) is 47.4. The standard InChI is InChI=1S/C40H77NO2S2/c1-4-7-9-11-13-15-17-19-21-23-25-27-29-31-33-35-37-41(45(42,43)6-3)38-40-44-39-36-34-32-30-28-26-24-22-20-18-16-14-12-10-8-5-2/h13,15,19-22H,4-12,14,16-18,23-40H2,1-3H3/b15-13-,21-19-,22-20-. The number of hydrogen-bond acceptors (Lipinski definition) is 3. The monoisotopic (exact) mass is 668 g/mol. The van der Waals surface area contributed by atoms with Gasteiger partial charge < -0.3 is 0 Å². The lowest BCUT2D eigenvalue weighted by Crippen LogP contribution is -2.35. The molecule has 45 heavy (non-hydrogen) atoms. The van der Waals surface area contributed by atoms with Crippen LogP contribution in [0.4, 0.5) is 0 Å². The SMILES string of the molecule is CCCCC/C=C\C/C=C\CCCCCCCCN(CCSCCCCCCCC/C=C\CCCCCCCC)S(=O)(=O)CC. The Labute approximate surface area is 288 Å². The van der Waals surface area contributed by atoms with Gasteiger partial charge in [-0.15, -0.1) is 0 Å². The molecule has 0 spiro atoms. The third-order valence-corrected chi connectivity index (χ3v) is 11.6. The second-order valence-corrected chi connectivity index (χ2v) is 16.4. The molecule has 0 aromatic rings. The quantitative estimate of drug-likeness (QED) is 0.0493. The molecule has 0 fully saturated rings. The van der Waals surface area contributed by atoms with E-state index >= 15 is 0 Å². The van der Waals surface area contributed by atoms with Gasteiger partial charge in [-0.1, -0.05) is 147 Å². The first-order valence-corrected chi connectivity index (χ1v) is 22.3. The normalized spacial score (nSPS) is 12.6. The minimum atomic E-state index is -3.10. The fourth-order valence-corrected chi connectivity index (χ4v) is 7.79. The molecular weight excluding hydrogens is 591 g/mol. The summed E-state index contributed by atoms with van der Waals surface area (Å²) in [5, 5.41) is 0. The van der Waals surface area contributed by atoms with Gasteiger partial charge in [0.15, 0.2) is 0 Å². The molecule has 0 aliphatic carbocycles. The molecule has 0 aromatic heterocycles. The molecule has 0 rings (SSSR count). The van der Waals surface area contributed by atoms with Crippen LogP contribution >= 0.6 is 11.8 Å². The predicted octanol–water partition coefficient (Wildman–Crippen LogP) is 13.2. The van der Waals surface area contributed by atoms with Gasteiger partial charge in [0.25, 0.3) is 0 Å². The number of thioether (sulfide) groups is 1. The lowest BCUT2D eigenvalue weighted by Gasteiger charge is -2.21. The summed E-state index contributed by atoms with van der Waals surface area (Å²) in [7, 11) is -3.10. The first-order valence-electron chi connectivity index (χ1n) is 19.6. The second-order valence-electron chi connectivity index (χ2n) is 12.9. The molecule has 0 heterocycles. The zero-order valence-electron chi connectivity index (χ0n) is 30.5. The van der Waals surface area contributed by atoms with Crippen LogP contribution in [-0.2, 0) is 10.0 Å². The predicted molar refractivity (Wildman–Crippen MR) is 207 cm³/mol. The van der Waals surface area contributed by atoms with Crippen LogP contribution in [0.2, 0.25) is 0 Å². The number of sulfonamides is 1. The third kappa shape index (κ3) is 33.2. The summed E-state index contributed by atoms with van der Waals surface area (Å²) in [6, 6.07) is 0. The van der Waals surface area contributed by atoms with E-state index in [1.54, 1.807) is 11.2 Å². The highest BCUT2D eigenvalue weighted by molar-refractivity contribution is 7.99. The highest BCUT2D eigenvalue weighted by atomic mass is 32.2. The van der Waals surface area contributed by atoms with E-state index < -0.39 is 10.0 Å². The Morgan fingerprint density at radius 2 is 0.844 bits per heavy atom. The lowest BCUT2D eigenvalue weighted by molar-refractivity contribution is 0.414. The number of unbranched alkanes of at least 4 members (excludes halogenated alkanes) is 21. The van der Waals surface area contributed by atoms with Crippen molar-refractivity contribution in [2.75, 3.05) is 30.3 Å². The summed E-state index contributed by atoms with van der Waals surface area (Å²) >= 11 is 1.93. The molecule has 0 aliphatic heterocycles. The van der Waals surface area contributed by atoms with Crippen molar-refractivity contribution in [2.45, 2.75) is 188 Å². The smallest absolute Gasteiger partial charge is 0.212 e. The molecule has 0 radical (unpaired) electrons. The number of allylic oxidation sites excluding steroid dienone is 6. The van der Waals surface area contributed by atoms with Gasteiger partial charge in [0.1, 0.15) is 0 Å². The zero-order valence-corrected chi connectivity index (χ0v) is 32.1. The van der Waals surface area contributed by atoms with Gasteiger partial charge in [0.2, 0.25) is 10.0 Å². The molecule has 0 aromatic carbocycles. The highest BCUT2D eigenvalue weighted by Gasteiger charge is 2.18. The van der Waals surface area contributed by atoms with E-state index in [1.807, 2.05) is 11.8 Å². The molecule has 0 unspecified atom stereocenters. The number of hydrogen-bond donors (Lipinski definition) is 0. The Balaban J connectivity index is 3.69. The molecular formula is C40H77NO2S2. The van der Waals surface area contributed by atoms with Crippen molar-refractivity contribution in [3.05, 3.63) is 36.5 Å². The third-order valence-electron chi connectivity index (χ3n) is 8.65. The van der Waals surface area contributed by atoms with E-state index in [0.717, 1.165) is 30.8 Å². The van der Waals surface area contributed by atoms with E-state index in [4.69, 9.17) is 0 Å². The van der Waals surface area contributed by atoms with Crippen molar-refractivity contribution in [2.24, 2.45) is 0 Å². The maximum Gasteiger partial charge on any atom is 0.213 e. The molecule has 0 N–H and O–H groups in total. The molecule has 0 atom stereocenters. The van der Waals surface area contributed by atoms with Crippen LogP contribution in [-0.4, -0.2) is 43.1 Å². The Hall–Kier alpha value is -0.520. The van der Waals surface area contributed by atoms with Gasteiger partial charge in [-0.2, -0.15) is 11.8 Å². The molecule has 0 amide bonds. The van der Waals surface area contributed by atoms with Crippen LogP contribution in [0, 0.1) is 0 Å². The number of nitrogens with zero attached hydrogens (tertiary/aromatic N) is 1. The summed E-state index contributed by atoms with van der Waals surface area (Å²) in [6.45, 7) is 7.68. The Kier molecular flexibility index (Phi) is 35.9. The van der Waals surface area contributed by atoms with Gasteiger partial charge in [-0.3, -0.25) is 0 Å². The van der Waals surface area contributed by atoms with Crippen LogP contribution in [0.1, 0.15) is 188 Å². The van der Waals surface area contributed by atoms with E-state index in [9.17, 15) is 8.42 Å². The lowest BCUT2D eigenvalue weighted by atomic mass is 10.1. The van der Waals surface area contributed by atoms with Crippen LogP contribution in [0.3, 0.4) is 0 Å². The molecule has 5 heteroatoms. The summed E-state index contributed by atoms with van der Waals surface area (Å²) in [5.41, 5.74) is 0. The highest BCUT2D eigenvalue weighted by Crippen LogP contribution is 2.14. The fourth-order valence-electron chi connectivity index (χ4n) is 5.57. The average Bonchev–Trinajstić information content (AvgIpc) is 3.04. The molecule has 266 valence electrons. The molecule has 0 aliphatic rings. The van der Waals surface area contributed by atoms with Crippen molar-refractivity contribution in [1.82, 2.24) is 4.31 Å². The van der Waals surface area contributed by atoms with Crippen LogP contribution in [0.25, 0.3) is 0 Å². The van der Waals surface area contributed by atoms with Crippen LogP contribution in [0.5, 0.6) is 0 Å². The minimum Gasteiger partial charge on any atom is -0.212 e. The van der Waals surface area contributed by atoms with E-state index in [2.05, 4.69) is 50.3 Å². The summed E-state index contributed by atoms with van der Waals surface area (Å²) in [4.78, 5) is 0. The van der Waals surface area contributed by atoms with Gasteiger partial charge in [0, 0.05) is 18.8 Å². The zero-order chi connectivity index (χ0) is 32.9.